The van der Waals surface area contributed by atoms with E-state index in [1.807, 2.05) is 109 Å². The number of hydrogen-bond acceptors (Lipinski definition) is 6. The van der Waals surface area contributed by atoms with E-state index in [2.05, 4.69) is 0 Å². The molecule has 0 atom stereocenters. The summed E-state index contributed by atoms with van der Waals surface area (Å²) in [5.74, 6) is 2.65. The van der Waals surface area contributed by atoms with Crippen LogP contribution in [-0.2, 0) is 0 Å². The minimum atomic E-state index is -0.0812. The highest BCUT2D eigenvalue weighted by Crippen LogP contribution is 2.29. The lowest BCUT2D eigenvalue weighted by molar-refractivity contribution is 0.0720. The van der Waals surface area contributed by atoms with Gasteiger partial charge in [0.15, 0.2) is 11.5 Å². The van der Waals surface area contributed by atoms with Crippen LogP contribution in [0, 0.1) is 13.8 Å². The van der Waals surface area contributed by atoms with Gasteiger partial charge in [0.05, 0.1) is 22.2 Å². The lowest BCUT2D eigenvalue weighted by Gasteiger charge is -2.23. The lowest BCUT2D eigenvalue weighted by Crippen LogP contribution is -2.37. The predicted octanol–water partition coefficient (Wildman–Crippen LogP) is 6.91. The van der Waals surface area contributed by atoms with E-state index in [0.29, 0.717) is 66.6 Å². The summed E-state index contributed by atoms with van der Waals surface area (Å²) < 4.78 is 11.7. The molecule has 214 valence electrons. The second kappa shape index (κ2) is 10.9. The summed E-state index contributed by atoms with van der Waals surface area (Å²) in [5.41, 5.74) is 3.86. The molecule has 1 aliphatic heterocycles. The maximum absolute atomic E-state index is 14.0. The van der Waals surface area contributed by atoms with Crippen molar-refractivity contribution in [2.45, 2.75) is 20.3 Å². The van der Waals surface area contributed by atoms with E-state index in [-0.39, 0.29) is 11.8 Å². The Labute approximate surface area is 248 Å². The Kier molecular flexibility index (Phi) is 6.74. The van der Waals surface area contributed by atoms with Crippen LogP contribution in [0.25, 0.3) is 44.7 Å². The number of furan rings is 2. The zero-order valence-corrected chi connectivity index (χ0v) is 24.0. The second-order valence-electron chi connectivity index (χ2n) is 10.9. The fraction of sp³-hybridized carbons (Fsp3) is 0.200. The number of para-hydroxylation sites is 2. The molecule has 0 bridgehead atoms. The summed E-state index contributed by atoms with van der Waals surface area (Å²) in [4.78, 5) is 41.3. The molecule has 0 saturated carbocycles. The van der Waals surface area contributed by atoms with E-state index in [0.717, 1.165) is 33.3 Å². The van der Waals surface area contributed by atoms with Gasteiger partial charge in [-0.3, -0.25) is 9.59 Å². The number of fused-ring (bicyclic) bond motifs is 2. The fourth-order valence-corrected chi connectivity index (χ4v) is 5.77. The van der Waals surface area contributed by atoms with Crippen LogP contribution in [-0.4, -0.2) is 57.8 Å². The van der Waals surface area contributed by atoms with Crippen molar-refractivity contribution in [2.75, 3.05) is 26.2 Å². The van der Waals surface area contributed by atoms with Crippen molar-refractivity contribution in [1.82, 2.24) is 19.8 Å². The number of pyridine rings is 2. The Bertz CT molecular complexity index is 1860. The van der Waals surface area contributed by atoms with Gasteiger partial charge < -0.3 is 18.6 Å². The monoisotopic (exact) mass is 570 g/mol. The highest BCUT2D eigenvalue weighted by Gasteiger charge is 2.27. The van der Waals surface area contributed by atoms with Crippen LogP contribution in [0.1, 0.15) is 38.7 Å². The van der Waals surface area contributed by atoms with E-state index in [9.17, 15) is 9.59 Å². The number of nitrogens with zero attached hydrogens (tertiary/aromatic N) is 4. The molecule has 2 aromatic carbocycles. The van der Waals surface area contributed by atoms with Crippen LogP contribution in [0.2, 0.25) is 0 Å². The Hall–Kier alpha value is -5.24. The number of carbonyl (C=O) groups excluding carboxylic acids is 2. The standard InChI is InChI=1S/C35H30N4O4/c1-22-12-14-32(42-22)30-20-26(24-8-3-5-10-28(24)36-30)34(40)38-16-7-17-39(19-18-38)35(41)27-21-31(33-15-13-23(2)43-33)37-29-11-6-4-9-25(27)29/h3-6,8-15,20-21H,7,16-19H2,1-2H3. The quantitative estimate of drug-likeness (QED) is 0.229. The van der Waals surface area contributed by atoms with E-state index < -0.39 is 0 Å². The van der Waals surface area contributed by atoms with Crippen LogP contribution < -0.4 is 0 Å². The molecule has 5 heterocycles. The predicted molar refractivity (Wildman–Crippen MR) is 165 cm³/mol. The highest BCUT2D eigenvalue weighted by molar-refractivity contribution is 6.08. The Balaban J connectivity index is 1.17. The minimum Gasteiger partial charge on any atom is -0.460 e. The van der Waals surface area contributed by atoms with Gasteiger partial charge in [0.25, 0.3) is 11.8 Å². The van der Waals surface area contributed by atoms with Crippen LogP contribution >= 0.6 is 0 Å². The number of benzene rings is 2. The lowest BCUT2D eigenvalue weighted by atomic mass is 10.1. The van der Waals surface area contributed by atoms with Crippen molar-refractivity contribution < 1.29 is 18.4 Å². The third-order valence-electron chi connectivity index (χ3n) is 7.95. The van der Waals surface area contributed by atoms with Crippen molar-refractivity contribution >= 4 is 33.6 Å². The van der Waals surface area contributed by atoms with Gasteiger partial charge in [0.2, 0.25) is 0 Å². The number of aryl methyl sites for hydroxylation is 2. The first-order valence-corrected chi connectivity index (χ1v) is 14.5. The van der Waals surface area contributed by atoms with Crippen LogP contribution in [0.4, 0.5) is 0 Å². The smallest absolute Gasteiger partial charge is 0.254 e. The van der Waals surface area contributed by atoms with Crippen molar-refractivity contribution in [3.8, 4) is 22.9 Å². The molecule has 1 fully saturated rings. The Morgan fingerprint density at radius 3 is 1.47 bits per heavy atom. The maximum Gasteiger partial charge on any atom is 0.254 e. The molecule has 7 rings (SSSR count). The third-order valence-corrected chi connectivity index (χ3v) is 7.95. The van der Waals surface area contributed by atoms with Crippen molar-refractivity contribution in [3.63, 3.8) is 0 Å². The molecular formula is C35H30N4O4. The van der Waals surface area contributed by atoms with E-state index in [4.69, 9.17) is 18.8 Å². The van der Waals surface area contributed by atoms with Crippen molar-refractivity contribution in [3.05, 3.63) is 108 Å². The molecule has 0 unspecified atom stereocenters. The maximum atomic E-state index is 14.0. The summed E-state index contributed by atoms with van der Waals surface area (Å²) in [7, 11) is 0. The summed E-state index contributed by atoms with van der Waals surface area (Å²) in [6, 6.07) is 26.5. The highest BCUT2D eigenvalue weighted by atomic mass is 16.3. The summed E-state index contributed by atoms with van der Waals surface area (Å²) >= 11 is 0. The van der Waals surface area contributed by atoms with Gasteiger partial charge >= 0.3 is 0 Å². The molecule has 2 amide bonds. The van der Waals surface area contributed by atoms with Crippen molar-refractivity contribution in [1.29, 1.82) is 0 Å². The van der Waals surface area contributed by atoms with E-state index >= 15 is 0 Å². The van der Waals surface area contributed by atoms with Crippen LogP contribution in [0.3, 0.4) is 0 Å². The van der Waals surface area contributed by atoms with Gasteiger partial charge in [-0.25, -0.2) is 9.97 Å². The van der Waals surface area contributed by atoms with E-state index in [1.54, 1.807) is 0 Å². The summed E-state index contributed by atoms with van der Waals surface area (Å²) in [6.07, 6.45) is 0.665. The molecule has 4 aromatic heterocycles. The normalized spacial score (nSPS) is 13.9. The topological polar surface area (TPSA) is 92.7 Å². The van der Waals surface area contributed by atoms with Gasteiger partial charge in [-0.2, -0.15) is 0 Å². The number of amides is 2. The average molecular weight is 571 g/mol. The Morgan fingerprint density at radius 2 is 1.05 bits per heavy atom. The molecule has 0 N–H and O–H groups in total. The fourth-order valence-electron chi connectivity index (χ4n) is 5.77. The molecule has 1 aliphatic rings. The molecule has 0 aliphatic carbocycles. The minimum absolute atomic E-state index is 0.0812. The molecule has 6 aromatic rings. The first-order chi connectivity index (χ1) is 20.9. The molecule has 0 spiro atoms. The average Bonchev–Trinajstić information content (AvgIpc) is 3.59. The number of rotatable bonds is 4. The summed E-state index contributed by atoms with van der Waals surface area (Å²) in [5, 5.41) is 1.58. The van der Waals surface area contributed by atoms with E-state index in [1.165, 1.54) is 0 Å². The largest absolute Gasteiger partial charge is 0.460 e. The molecule has 0 radical (unpaired) electrons. The van der Waals surface area contributed by atoms with Gasteiger partial charge in [0, 0.05) is 37.0 Å². The molecule has 8 nitrogen and oxygen atoms in total. The van der Waals surface area contributed by atoms with Crippen LogP contribution in [0.15, 0.2) is 93.8 Å². The van der Waals surface area contributed by atoms with Crippen LogP contribution in [0.5, 0.6) is 0 Å². The first kappa shape index (κ1) is 26.6. The zero-order valence-electron chi connectivity index (χ0n) is 24.0. The number of aromatic nitrogens is 2. The first-order valence-electron chi connectivity index (χ1n) is 14.5. The Morgan fingerprint density at radius 1 is 0.605 bits per heavy atom. The second-order valence-corrected chi connectivity index (χ2v) is 10.9. The molecule has 8 heteroatoms. The molecule has 43 heavy (non-hydrogen) atoms. The van der Waals surface area contributed by atoms with Gasteiger partial charge in [-0.05, 0) is 68.8 Å². The third kappa shape index (κ3) is 5.05. The van der Waals surface area contributed by atoms with Gasteiger partial charge in [0.1, 0.15) is 22.9 Å². The molecular weight excluding hydrogens is 540 g/mol. The number of carbonyl (C=O) groups is 2. The SMILES string of the molecule is Cc1ccc(-c2cc(C(=O)N3CCCN(C(=O)c4cc(-c5ccc(C)o5)nc5ccccc45)CC3)c3ccccc3n2)o1. The van der Waals surface area contributed by atoms with Gasteiger partial charge in [-0.1, -0.05) is 36.4 Å². The van der Waals surface area contributed by atoms with Crippen molar-refractivity contribution in [2.24, 2.45) is 0 Å². The summed E-state index contributed by atoms with van der Waals surface area (Å²) in [6.45, 7) is 5.70. The zero-order chi connectivity index (χ0) is 29.5. The number of hydrogen-bond donors (Lipinski definition) is 0. The molecule has 1 saturated heterocycles. The van der Waals surface area contributed by atoms with Gasteiger partial charge in [-0.15, -0.1) is 0 Å².